The van der Waals surface area contributed by atoms with Gasteiger partial charge in [-0.25, -0.2) is 4.79 Å². The van der Waals surface area contributed by atoms with E-state index in [1.54, 1.807) is 42.5 Å². The maximum atomic E-state index is 12.0. The number of carbonyl (C=O) groups excluding carboxylic acids is 1. The minimum atomic E-state index is -0.914. The van der Waals surface area contributed by atoms with Crippen LogP contribution < -0.4 is 11.0 Å². The van der Waals surface area contributed by atoms with Gasteiger partial charge in [0.1, 0.15) is 0 Å². The maximum absolute atomic E-state index is 12.0. The van der Waals surface area contributed by atoms with Crippen molar-refractivity contribution in [1.29, 1.82) is 0 Å². The highest BCUT2D eigenvalue weighted by molar-refractivity contribution is 6.30. The number of nitrogens with one attached hydrogen (secondary N) is 3. The fraction of sp³-hybridized carbons (Fsp3) is 0.125. The lowest BCUT2D eigenvalue weighted by Crippen LogP contribution is -2.15. The number of aromatic amines is 2. The number of aliphatic hydroxyl groups is 1. The van der Waals surface area contributed by atoms with E-state index in [-0.39, 0.29) is 18.0 Å². The minimum absolute atomic E-state index is 0.0800. The summed E-state index contributed by atoms with van der Waals surface area (Å²) in [6, 6.07) is 11.7. The number of fused-ring (bicyclic) bond motifs is 1. The number of hydrogen-bond donors (Lipinski definition) is 4. The first-order chi connectivity index (χ1) is 11.0. The predicted octanol–water partition coefficient (Wildman–Crippen LogP) is 2.57. The number of imidazole rings is 1. The van der Waals surface area contributed by atoms with Gasteiger partial charge in [-0.15, -0.1) is 0 Å². The first kappa shape index (κ1) is 15.3. The molecule has 1 atom stereocenters. The van der Waals surface area contributed by atoms with Gasteiger partial charge in [0.2, 0.25) is 5.91 Å². The van der Waals surface area contributed by atoms with Crippen LogP contribution in [0.4, 0.5) is 5.69 Å². The van der Waals surface area contributed by atoms with Gasteiger partial charge in [0, 0.05) is 10.7 Å². The van der Waals surface area contributed by atoms with Crippen molar-refractivity contribution in [2.75, 3.05) is 5.32 Å². The largest absolute Gasteiger partial charge is 0.388 e. The third kappa shape index (κ3) is 3.61. The number of amides is 1. The van der Waals surface area contributed by atoms with Crippen LogP contribution in [0.1, 0.15) is 18.1 Å². The van der Waals surface area contributed by atoms with E-state index in [4.69, 9.17) is 11.6 Å². The molecule has 1 aromatic heterocycles. The maximum Gasteiger partial charge on any atom is 0.323 e. The standard InChI is InChI=1S/C16H14ClN3O3/c17-10-3-1-9(2-4-10)14(21)8-15(22)18-11-5-6-12-13(7-11)20-16(23)19-12/h1-7,14,21H,8H2,(H,18,22)(H2,19,20,23). The smallest absolute Gasteiger partial charge is 0.323 e. The third-order valence-corrected chi connectivity index (χ3v) is 3.69. The highest BCUT2D eigenvalue weighted by Gasteiger charge is 2.13. The molecule has 3 rings (SSSR count). The van der Waals surface area contributed by atoms with E-state index in [0.29, 0.717) is 27.3 Å². The number of benzene rings is 2. The van der Waals surface area contributed by atoms with E-state index >= 15 is 0 Å². The fourth-order valence-electron chi connectivity index (χ4n) is 2.30. The number of halogens is 1. The Balaban J connectivity index is 1.67. The Hall–Kier alpha value is -2.57. The van der Waals surface area contributed by atoms with Crippen molar-refractivity contribution in [3.8, 4) is 0 Å². The number of rotatable bonds is 4. The molecule has 23 heavy (non-hydrogen) atoms. The van der Waals surface area contributed by atoms with Crippen molar-refractivity contribution in [2.45, 2.75) is 12.5 Å². The SMILES string of the molecule is O=C(CC(O)c1ccc(Cl)cc1)Nc1ccc2[nH]c(=O)[nH]c2c1. The summed E-state index contributed by atoms with van der Waals surface area (Å²) in [5, 5.41) is 13.3. The molecule has 0 bridgehead atoms. The topological polar surface area (TPSA) is 98.0 Å². The van der Waals surface area contributed by atoms with Crippen LogP contribution in [0, 0.1) is 0 Å². The van der Waals surface area contributed by atoms with E-state index in [2.05, 4.69) is 15.3 Å². The zero-order chi connectivity index (χ0) is 16.4. The molecule has 1 amide bonds. The molecular formula is C16H14ClN3O3. The van der Waals surface area contributed by atoms with Gasteiger partial charge < -0.3 is 20.4 Å². The predicted molar refractivity (Wildman–Crippen MR) is 88.6 cm³/mol. The molecule has 0 saturated carbocycles. The summed E-state index contributed by atoms with van der Waals surface area (Å²) in [5.41, 5.74) is 2.12. The molecule has 6 nitrogen and oxygen atoms in total. The van der Waals surface area contributed by atoms with E-state index in [1.165, 1.54) is 0 Å². The number of aromatic nitrogens is 2. The first-order valence-electron chi connectivity index (χ1n) is 6.97. The summed E-state index contributed by atoms with van der Waals surface area (Å²) in [5.74, 6) is -0.329. The van der Waals surface area contributed by atoms with Gasteiger partial charge in [0.15, 0.2) is 0 Å². The molecule has 0 spiro atoms. The number of aliphatic hydroxyl groups excluding tert-OH is 1. The second kappa shape index (κ2) is 6.28. The van der Waals surface area contributed by atoms with Crippen molar-refractivity contribution in [3.63, 3.8) is 0 Å². The summed E-state index contributed by atoms with van der Waals surface area (Å²) in [4.78, 5) is 28.5. The fourth-order valence-corrected chi connectivity index (χ4v) is 2.43. The molecule has 0 aliphatic rings. The van der Waals surface area contributed by atoms with Crippen LogP contribution in [0.25, 0.3) is 11.0 Å². The minimum Gasteiger partial charge on any atom is -0.388 e. The lowest BCUT2D eigenvalue weighted by molar-refractivity contribution is -0.118. The second-order valence-corrected chi connectivity index (χ2v) is 5.60. The van der Waals surface area contributed by atoms with Gasteiger partial charge in [-0.05, 0) is 35.9 Å². The summed E-state index contributed by atoms with van der Waals surface area (Å²) >= 11 is 5.79. The van der Waals surface area contributed by atoms with Gasteiger partial charge in [0.05, 0.1) is 23.6 Å². The number of carbonyl (C=O) groups is 1. The van der Waals surface area contributed by atoms with E-state index in [9.17, 15) is 14.7 Å². The molecule has 0 radical (unpaired) electrons. The summed E-state index contributed by atoms with van der Waals surface area (Å²) in [6.07, 6.45) is -0.994. The quantitative estimate of drug-likeness (QED) is 0.591. The normalized spacial score (nSPS) is 12.3. The number of hydrogen-bond acceptors (Lipinski definition) is 3. The van der Waals surface area contributed by atoms with Crippen LogP contribution in [-0.2, 0) is 4.79 Å². The zero-order valence-electron chi connectivity index (χ0n) is 12.0. The molecule has 3 aromatic rings. The van der Waals surface area contributed by atoms with Crippen molar-refractivity contribution in [1.82, 2.24) is 9.97 Å². The molecule has 7 heteroatoms. The van der Waals surface area contributed by atoms with Gasteiger partial charge in [-0.2, -0.15) is 0 Å². The highest BCUT2D eigenvalue weighted by Crippen LogP contribution is 2.20. The lowest BCUT2D eigenvalue weighted by Gasteiger charge is -2.11. The highest BCUT2D eigenvalue weighted by atomic mass is 35.5. The van der Waals surface area contributed by atoms with Gasteiger partial charge >= 0.3 is 5.69 Å². The molecule has 1 unspecified atom stereocenters. The molecule has 4 N–H and O–H groups in total. The summed E-state index contributed by atoms with van der Waals surface area (Å²) in [6.45, 7) is 0. The first-order valence-corrected chi connectivity index (χ1v) is 7.34. The summed E-state index contributed by atoms with van der Waals surface area (Å²) < 4.78 is 0. The molecule has 0 saturated heterocycles. The van der Waals surface area contributed by atoms with Crippen LogP contribution >= 0.6 is 11.6 Å². The van der Waals surface area contributed by atoms with E-state index < -0.39 is 6.10 Å². The third-order valence-electron chi connectivity index (χ3n) is 3.43. The Morgan fingerprint density at radius 1 is 1.13 bits per heavy atom. The monoisotopic (exact) mass is 331 g/mol. The molecule has 118 valence electrons. The number of H-pyrrole nitrogens is 2. The Kier molecular flexibility index (Phi) is 4.18. The Morgan fingerprint density at radius 3 is 2.57 bits per heavy atom. The van der Waals surface area contributed by atoms with Gasteiger partial charge in [-0.1, -0.05) is 23.7 Å². The van der Waals surface area contributed by atoms with Crippen LogP contribution in [0.3, 0.4) is 0 Å². The average Bonchev–Trinajstić information content (AvgIpc) is 2.87. The van der Waals surface area contributed by atoms with Crippen LogP contribution in [-0.4, -0.2) is 21.0 Å². The zero-order valence-corrected chi connectivity index (χ0v) is 12.7. The van der Waals surface area contributed by atoms with Crippen molar-refractivity contribution in [2.24, 2.45) is 0 Å². The Morgan fingerprint density at radius 2 is 1.83 bits per heavy atom. The van der Waals surface area contributed by atoms with Gasteiger partial charge in [-0.3, -0.25) is 4.79 Å². The average molecular weight is 332 g/mol. The number of anilines is 1. The van der Waals surface area contributed by atoms with E-state index in [1.807, 2.05) is 0 Å². The van der Waals surface area contributed by atoms with Crippen LogP contribution in [0.15, 0.2) is 47.3 Å². The summed E-state index contributed by atoms with van der Waals surface area (Å²) in [7, 11) is 0. The molecule has 1 heterocycles. The molecule has 0 aliphatic heterocycles. The van der Waals surface area contributed by atoms with Crippen molar-refractivity contribution in [3.05, 3.63) is 63.5 Å². The lowest BCUT2D eigenvalue weighted by atomic mass is 10.1. The van der Waals surface area contributed by atoms with Crippen LogP contribution in [0.2, 0.25) is 5.02 Å². The second-order valence-electron chi connectivity index (χ2n) is 5.16. The van der Waals surface area contributed by atoms with Crippen LogP contribution in [0.5, 0.6) is 0 Å². The van der Waals surface area contributed by atoms with Crippen molar-refractivity contribution < 1.29 is 9.90 Å². The molecular weight excluding hydrogens is 318 g/mol. The molecule has 2 aromatic carbocycles. The Bertz CT molecular complexity index is 899. The molecule has 0 aliphatic carbocycles. The van der Waals surface area contributed by atoms with Gasteiger partial charge in [0.25, 0.3) is 0 Å². The van der Waals surface area contributed by atoms with Crippen molar-refractivity contribution >= 4 is 34.2 Å². The van der Waals surface area contributed by atoms with E-state index in [0.717, 1.165) is 0 Å². The molecule has 0 fully saturated rings. The Labute approximate surface area is 136 Å².